The second-order valence-electron chi connectivity index (χ2n) is 5.96. The van der Waals surface area contributed by atoms with Gasteiger partial charge in [0.2, 0.25) is 5.95 Å². The number of hydrogen-bond acceptors (Lipinski definition) is 4. The molecule has 128 valence electrons. The Morgan fingerprint density at radius 2 is 2.00 bits per heavy atom. The lowest BCUT2D eigenvalue weighted by atomic mass is 10.2. The lowest BCUT2D eigenvalue weighted by Gasteiger charge is -2.18. The van der Waals surface area contributed by atoms with Crippen LogP contribution in [0.2, 0.25) is 10.0 Å². The van der Waals surface area contributed by atoms with Gasteiger partial charge in [-0.15, -0.1) is 0 Å². The van der Waals surface area contributed by atoms with Crippen molar-refractivity contribution in [2.24, 2.45) is 0 Å². The molecule has 7 heteroatoms. The molecule has 25 heavy (non-hydrogen) atoms. The Morgan fingerprint density at radius 1 is 1.16 bits per heavy atom. The molecule has 1 aromatic heterocycles. The van der Waals surface area contributed by atoms with E-state index >= 15 is 0 Å². The van der Waals surface area contributed by atoms with Crippen LogP contribution in [0.5, 0.6) is 5.75 Å². The second-order valence-corrected chi connectivity index (χ2v) is 6.77. The van der Waals surface area contributed by atoms with Crippen LogP contribution in [0.25, 0.3) is 10.9 Å². The molecule has 0 radical (unpaired) electrons. The van der Waals surface area contributed by atoms with E-state index in [-0.39, 0.29) is 11.7 Å². The third kappa shape index (κ3) is 3.30. The number of aromatic nitrogens is 2. The minimum atomic E-state index is -0.130. The maximum atomic E-state index is 12.2. The summed E-state index contributed by atoms with van der Waals surface area (Å²) in [4.78, 5) is 21.7. The quantitative estimate of drug-likeness (QED) is 0.754. The molecular formula is C18H15Cl2N3O2. The number of aromatic amines is 1. The number of ether oxygens (including phenoxy) is 1. The summed E-state index contributed by atoms with van der Waals surface area (Å²) in [5.41, 5.74) is 0.560. The summed E-state index contributed by atoms with van der Waals surface area (Å²) in [6, 6.07) is 12.5. The number of fused-ring (bicyclic) bond motifs is 1. The van der Waals surface area contributed by atoms with E-state index in [0.29, 0.717) is 39.2 Å². The van der Waals surface area contributed by atoms with Crippen LogP contribution in [-0.4, -0.2) is 29.2 Å². The van der Waals surface area contributed by atoms with Gasteiger partial charge in [0.15, 0.2) is 0 Å². The van der Waals surface area contributed by atoms with E-state index in [4.69, 9.17) is 27.9 Å². The summed E-state index contributed by atoms with van der Waals surface area (Å²) in [5.74, 6) is 1.25. The molecule has 5 nitrogen and oxygen atoms in total. The minimum absolute atomic E-state index is 0.00554. The molecule has 0 spiro atoms. The molecule has 1 aliphatic rings. The molecular weight excluding hydrogens is 361 g/mol. The van der Waals surface area contributed by atoms with E-state index < -0.39 is 0 Å². The summed E-state index contributed by atoms with van der Waals surface area (Å²) in [6.07, 6.45) is 0.825. The number of anilines is 1. The third-order valence-corrected chi connectivity index (χ3v) is 4.98. The van der Waals surface area contributed by atoms with Crippen molar-refractivity contribution in [2.75, 3.05) is 18.0 Å². The normalized spacial score (nSPS) is 17.2. The number of nitrogens with zero attached hydrogens (tertiary/aromatic N) is 2. The van der Waals surface area contributed by atoms with Gasteiger partial charge in [0.1, 0.15) is 11.9 Å². The van der Waals surface area contributed by atoms with E-state index in [9.17, 15) is 4.79 Å². The molecule has 1 saturated heterocycles. The van der Waals surface area contributed by atoms with Crippen molar-refractivity contribution >= 4 is 40.1 Å². The molecule has 0 aliphatic carbocycles. The molecule has 1 aliphatic heterocycles. The van der Waals surface area contributed by atoms with Crippen LogP contribution in [0, 0.1) is 0 Å². The lowest BCUT2D eigenvalue weighted by molar-refractivity contribution is 0.225. The van der Waals surface area contributed by atoms with E-state index in [1.165, 1.54) is 0 Å². The fourth-order valence-electron chi connectivity index (χ4n) is 2.98. The van der Waals surface area contributed by atoms with Crippen molar-refractivity contribution < 1.29 is 4.74 Å². The lowest BCUT2D eigenvalue weighted by Crippen LogP contribution is -2.27. The molecule has 1 N–H and O–H groups in total. The molecule has 0 amide bonds. The highest BCUT2D eigenvalue weighted by Gasteiger charge is 2.26. The Morgan fingerprint density at radius 3 is 2.84 bits per heavy atom. The van der Waals surface area contributed by atoms with Gasteiger partial charge in [-0.2, -0.15) is 0 Å². The first kappa shape index (κ1) is 16.2. The highest BCUT2D eigenvalue weighted by Crippen LogP contribution is 2.28. The van der Waals surface area contributed by atoms with Gasteiger partial charge in [0.25, 0.3) is 5.56 Å². The van der Waals surface area contributed by atoms with Crippen molar-refractivity contribution in [3.05, 3.63) is 62.9 Å². The van der Waals surface area contributed by atoms with Crippen molar-refractivity contribution in [1.29, 1.82) is 0 Å². The Balaban J connectivity index is 1.52. The van der Waals surface area contributed by atoms with Crippen LogP contribution >= 0.6 is 23.2 Å². The standard InChI is InChI=1S/C18H15Cl2N3O2/c19-14-6-5-11(9-15(14)20)25-12-7-8-23(10-12)18-21-16-4-2-1-3-13(16)17(24)22-18/h1-6,9,12H,7-8,10H2,(H,21,22,24). The molecule has 0 saturated carbocycles. The molecule has 2 heterocycles. The fraction of sp³-hybridized carbons (Fsp3) is 0.222. The first-order chi connectivity index (χ1) is 12.1. The van der Waals surface area contributed by atoms with Crippen LogP contribution in [0.4, 0.5) is 5.95 Å². The van der Waals surface area contributed by atoms with Gasteiger partial charge in [0, 0.05) is 19.0 Å². The Hall–Kier alpha value is -2.24. The predicted molar refractivity (Wildman–Crippen MR) is 100 cm³/mol. The van der Waals surface area contributed by atoms with E-state index in [2.05, 4.69) is 9.97 Å². The van der Waals surface area contributed by atoms with Gasteiger partial charge >= 0.3 is 0 Å². The van der Waals surface area contributed by atoms with Crippen LogP contribution in [0.15, 0.2) is 47.3 Å². The molecule has 1 unspecified atom stereocenters. The second kappa shape index (κ2) is 6.58. The number of hydrogen-bond donors (Lipinski definition) is 1. The van der Waals surface area contributed by atoms with Crippen molar-refractivity contribution in [1.82, 2.24) is 9.97 Å². The maximum Gasteiger partial charge on any atom is 0.260 e. The fourth-order valence-corrected chi connectivity index (χ4v) is 3.27. The average molecular weight is 376 g/mol. The SMILES string of the molecule is O=c1[nH]c(N2CCC(Oc3ccc(Cl)c(Cl)c3)C2)nc2ccccc12. The summed E-state index contributed by atoms with van der Waals surface area (Å²) in [6.45, 7) is 1.40. The Kier molecular flexibility index (Phi) is 4.27. The van der Waals surface area contributed by atoms with Crippen LogP contribution in [0.3, 0.4) is 0 Å². The van der Waals surface area contributed by atoms with Crippen molar-refractivity contribution in [3.63, 3.8) is 0 Å². The van der Waals surface area contributed by atoms with E-state index in [1.807, 2.05) is 23.1 Å². The van der Waals surface area contributed by atoms with Crippen LogP contribution in [0.1, 0.15) is 6.42 Å². The zero-order valence-electron chi connectivity index (χ0n) is 13.2. The molecule has 0 bridgehead atoms. The van der Waals surface area contributed by atoms with Crippen LogP contribution in [-0.2, 0) is 0 Å². The molecule has 4 rings (SSSR count). The maximum absolute atomic E-state index is 12.2. The number of nitrogens with one attached hydrogen (secondary N) is 1. The number of para-hydroxylation sites is 1. The van der Waals surface area contributed by atoms with E-state index in [1.54, 1.807) is 24.3 Å². The smallest absolute Gasteiger partial charge is 0.260 e. The summed E-state index contributed by atoms with van der Waals surface area (Å²) in [5, 5.41) is 1.56. The van der Waals surface area contributed by atoms with Gasteiger partial charge in [-0.1, -0.05) is 35.3 Å². The molecule has 3 aromatic rings. The highest BCUT2D eigenvalue weighted by atomic mass is 35.5. The Bertz CT molecular complexity index is 989. The van der Waals surface area contributed by atoms with Gasteiger partial charge in [-0.3, -0.25) is 9.78 Å². The highest BCUT2D eigenvalue weighted by molar-refractivity contribution is 6.42. The van der Waals surface area contributed by atoms with Crippen LogP contribution < -0.4 is 15.2 Å². The summed E-state index contributed by atoms with van der Waals surface area (Å²) < 4.78 is 5.98. The predicted octanol–water partition coefficient (Wildman–Crippen LogP) is 3.89. The van der Waals surface area contributed by atoms with Gasteiger partial charge < -0.3 is 9.64 Å². The van der Waals surface area contributed by atoms with Crippen molar-refractivity contribution in [2.45, 2.75) is 12.5 Å². The number of H-pyrrole nitrogens is 1. The Labute approximate surface area is 154 Å². The average Bonchev–Trinajstić information content (AvgIpc) is 3.07. The monoisotopic (exact) mass is 375 g/mol. The first-order valence-electron chi connectivity index (χ1n) is 7.96. The number of rotatable bonds is 3. The molecule has 2 aromatic carbocycles. The first-order valence-corrected chi connectivity index (χ1v) is 8.71. The molecule has 1 fully saturated rings. The minimum Gasteiger partial charge on any atom is -0.488 e. The summed E-state index contributed by atoms with van der Waals surface area (Å²) >= 11 is 11.9. The van der Waals surface area contributed by atoms with Gasteiger partial charge in [0.05, 0.1) is 27.5 Å². The largest absolute Gasteiger partial charge is 0.488 e. The number of halogens is 2. The zero-order valence-corrected chi connectivity index (χ0v) is 14.7. The van der Waals surface area contributed by atoms with Gasteiger partial charge in [-0.05, 0) is 24.3 Å². The third-order valence-electron chi connectivity index (χ3n) is 4.24. The zero-order chi connectivity index (χ0) is 17.4. The summed E-state index contributed by atoms with van der Waals surface area (Å²) in [7, 11) is 0. The molecule has 1 atom stereocenters. The van der Waals surface area contributed by atoms with E-state index in [0.717, 1.165) is 13.0 Å². The van der Waals surface area contributed by atoms with Gasteiger partial charge in [-0.25, -0.2) is 4.98 Å². The number of benzene rings is 2. The van der Waals surface area contributed by atoms with Crippen molar-refractivity contribution in [3.8, 4) is 5.75 Å². The topological polar surface area (TPSA) is 58.2 Å².